The fraction of sp³-hybridized carbons (Fsp3) is 0. The lowest BCUT2D eigenvalue weighted by Gasteiger charge is -2.21. The maximum absolute atomic E-state index is 2.37. The van der Waals surface area contributed by atoms with Crippen LogP contribution in [0.4, 0.5) is 0 Å². The van der Waals surface area contributed by atoms with Crippen molar-refractivity contribution in [3.8, 4) is 55.6 Å². The Hall–Kier alpha value is -5.98. The Labute approximate surface area is 267 Å². The van der Waals surface area contributed by atoms with Gasteiger partial charge in [0, 0.05) is 0 Å². The third-order valence-electron chi connectivity index (χ3n) is 10.0. The molecule has 0 fully saturated rings. The van der Waals surface area contributed by atoms with Gasteiger partial charge in [-0.3, -0.25) is 0 Å². The number of fused-ring (bicyclic) bond motifs is 7. The van der Waals surface area contributed by atoms with E-state index in [0.29, 0.717) is 0 Å². The lowest BCUT2D eigenvalue weighted by atomic mass is 9.82. The van der Waals surface area contributed by atoms with E-state index in [4.69, 9.17) is 0 Å². The molecular weight excluding hydrogens is 553 g/mol. The minimum atomic E-state index is 1.25. The maximum Gasteiger partial charge on any atom is -0.000785 e. The van der Waals surface area contributed by atoms with Crippen molar-refractivity contribution in [2.45, 2.75) is 0 Å². The monoisotopic (exact) mass is 580 g/mol. The first-order chi connectivity index (χ1) is 22.8. The topological polar surface area (TPSA) is 0 Å². The van der Waals surface area contributed by atoms with Gasteiger partial charge in [-0.15, -0.1) is 0 Å². The molecule has 0 nitrogen and oxygen atoms in total. The van der Waals surface area contributed by atoms with Crippen LogP contribution in [0, 0.1) is 0 Å². The summed E-state index contributed by atoms with van der Waals surface area (Å²) in [6, 6.07) is 62.8. The van der Waals surface area contributed by atoms with Crippen molar-refractivity contribution in [1.29, 1.82) is 0 Å². The highest BCUT2D eigenvalue weighted by molar-refractivity contribution is 6.25. The molecule has 0 saturated heterocycles. The SMILES string of the molecule is c1cc(-c2ccc3cccc4c3c2-c2c-4ccc3ccccc23)c(-c2cccc3ccccc23)c(-c2cccc3ccccc23)c1. The predicted molar refractivity (Wildman–Crippen MR) is 197 cm³/mol. The van der Waals surface area contributed by atoms with E-state index in [1.807, 2.05) is 0 Å². The summed E-state index contributed by atoms with van der Waals surface area (Å²) in [5, 5.41) is 10.3. The van der Waals surface area contributed by atoms with Crippen LogP contribution < -0.4 is 0 Å². The van der Waals surface area contributed by atoms with Gasteiger partial charge >= 0.3 is 0 Å². The molecule has 0 atom stereocenters. The second-order valence-corrected chi connectivity index (χ2v) is 12.4. The summed E-state index contributed by atoms with van der Waals surface area (Å²) in [7, 11) is 0. The number of hydrogen-bond donors (Lipinski definition) is 0. The summed E-state index contributed by atoms with van der Waals surface area (Å²) in [6.45, 7) is 0. The molecule has 46 heavy (non-hydrogen) atoms. The standard InChI is InChI=1S/C46H28/c1-4-17-33-29(11-1)14-7-20-36(33)38-23-10-24-40(44(38)37-21-8-15-30-12-2-5-18-34(30)37)42-28-26-32-16-9-22-39-41-27-25-31-13-3-6-19-35(31)45(41)46(42)43(32)39/h1-28H. The molecule has 1 aliphatic carbocycles. The van der Waals surface area contributed by atoms with Crippen molar-refractivity contribution >= 4 is 43.1 Å². The van der Waals surface area contributed by atoms with Gasteiger partial charge in [-0.2, -0.15) is 0 Å². The summed E-state index contributed by atoms with van der Waals surface area (Å²) < 4.78 is 0. The van der Waals surface area contributed by atoms with Crippen LogP contribution in [0.3, 0.4) is 0 Å². The summed E-state index contributed by atoms with van der Waals surface area (Å²) in [5.41, 5.74) is 12.9. The third kappa shape index (κ3) is 3.56. The Morgan fingerprint density at radius 1 is 0.196 bits per heavy atom. The summed E-state index contributed by atoms with van der Waals surface area (Å²) in [6.07, 6.45) is 0. The van der Waals surface area contributed by atoms with Crippen LogP contribution in [-0.4, -0.2) is 0 Å². The van der Waals surface area contributed by atoms with Gasteiger partial charge in [0.2, 0.25) is 0 Å². The van der Waals surface area contributed by atoms with E-state index in [1.54, 1.807) is 0 Å². The molecule has 0 saturated carbocycles. The van der Waals surface area contributed by atoms with Crippen LogP contribution in [0.5, 0.6) is 0 Å². The van der Waals surface area contributed by atoms with Crippen LogP contribution in [0.1, 0.15) is 0 Å². The molecule has 0 heteroatoms. The van der Waals surface area contributed by atoms with Crippen molar-refractivity contribution in [3.05, 3.63) is 170 Å². The molecule has 0 spiro atoms. The largest absolute Gasteiger partial charge is 0.0616 e. The van der Waals surface area contributed by atoms with Gasteiger partial charge in [0.15, 0.2) is 0 Å². The predicted octanol–water partition coefficient (Wildman–Crippen LogP) is 12.9. The van der Waals surface area contributed by atoms with E-state index < -0.39 is 0 Å². The van der Waals surface area contributed by atoms with E-state index >= 15 is 0 Å². The highest BCUT2D eigenvalue weighted by Gasteiger charge is 2.28. The van der Waals surface area contributed by atoms with Crippen LogP contribution in [0.2, 0.25) is 0 Å². The Balaban J connectivity index is 1.38. The van der Waals surface area contributed by atoms with Gasteiger partial charge in [-0.05, 0) is 98.7 Å². The second kappa shape index (κ2) is 9.76. The van der Waals surface area contributed by atoms with Gasteiger partial charge in [-0.25, -0.2) is 0 Å². The zero-order valence-electron chi connectivity index (χ0n) is 25.2. The number of benzene rings is 9. The summed E-state index contributed by atoms with van der Waals surface area (Å²) >= 11 is 0. The van der Waals surface area contributed by atoms with Gasteiger partial charge < -0.3 is 0 Å². The van der Waals surface area contributed by atoms with Crippen LogP contribution in [0.15, 0.2) is 170 Å². The molecular formula is C46H28. The molecule has 0 amide bonds. The van der Waals surface area contributed by atoms with Crippen LogP contribution >= 0.6 is 0 Å². The first-order valence-electron chi connectivity index (χ1n) is 16.0. The van der Waals surface area contributed by atoms with E-state index in [9.17, 15) is 0 Å². The van der Waals surface area contributed by atoms with Crippen molar-refractivity contribution < 1.29 is 0 Å². The zero-order valence-corrected chi connectivity index (χ0v) is 25.2. The van der Waals surface area contributed by atoms with E-state index in [1.165, 1.54) is 98.7 Å². The highest BCUT2D eigenvalue weighted by Crippen LogP contribution is 2.55. The molecule has 212 valence electrons. The normalized spacial score (nSPS) is 11.9. The van der Waals surface area contributed by atoms with Gasteiger partial charge in [0.25, 0.3) is 0 Å². The Bertz CT molecular complexity index is 2680. The zero-order chi connectivity index (χ0) is 30.2. The van der Waals surface area contributed by atoms with Crippen LogP contribution in [-0.2, 0) is 0 Å². The van der Waals surface area contributed by atoms with Crippen molar-refractivity contribution in [1.82, 2.24) is 0 Å². The minimum Gasteiger partial charge on any atom is -0.0616 e. The van der Waals surface area contributed by atoms with E-state index in [-0.39, 0.29) is 0 Å². The molecule has 0 aliphatic heterocycles. The molecule has 0 bridgehead atoms. The molecule has 0 heterocycles. The summed E-state index contributed by atoms with van der Waals surface area (Å²) in [5.74, 6) is 0. The van der Waals surface area contributed by atoms with E-state index in [0.717, 1.165) is 0 Å². The molecule has 0 N–H and O–H groups in total. The lowest BCUT2D eigenvalue weighted by molar-refractivity contribution is 1.59. The lowest BCUT2D eigenvalue weighted by Crippen LogP contribution is -1.94. The van der Waals surface area contributed by atoms with Crippen molar-refractivity contribution in [3.63, 3.8) is 0 Å². The fourth-order valence-corrected chi connectivity index (χ4v) is 8.05. The van der Waals surface area contributed by atoms with Crippen molar-refractivity contribution in [2.75, 3.05) is 0 Å². The third-order valence-corrected chi connectivity index (χ3v) is 10.0. The highest BCUT2D eigenvalue weighted by atomic mass is 14.3. The Morgan fingerprint density at radius 3 is 1.33 bits per heavy atom. The molecule has 0 radical (unpaired) electrons. The average molecular weight is 581 g/mol. The minimum absolute atomic E-state index is 1.25. The molecule has 9 aromatic carbocycles. The van der Waals surface area contributed by atoms with Gasteiger partial charge in [-0.1, -0.05) is 170 Å². The number of rotatable bonds is 3. The van der Waals surface area contributed by atoms with Gasteiger partial charge in [0.1, 0.15) is 0 Å². The number of hydrogen-bond acceptors (Lipinski definition) is 0. The maximum atomic E-state index is 2.37. The fourth-order valence-electron chi connectivity index (χ4n) is 8.05. The van der Waals surface area contributed by atoms with Gasteiger partial charge in [0.05, 0.1) is 0 Å². The molecule has 0 aromatic heterocycles. The molecule has 1 aliphatic rings. The quantitative estimate of drug-likeness (QED) is 0.195. The van der Waals surface area contributed by atoms with E-state index in [2.05, 4.69) is 170 Å². The Kier molecular flexibility index (Phi) is 5.38. The second-order valence-electron chi connectivity index (χ2n) is 12.4. The molecule has 10 rings (SSSR count). The molecule has 9 aromatic rings. The first-order valence-corrected chi connectivity index (χ1v) is 16.0. The first kappa shape index (κ1) is 25.4. The molecule has 0 unspecified atom stereocenters. The van der Waals surface area contributed by atoms with Crippen LogP contribution in [0.25, 0.3) is 98.7 Å². The Morgan fingerprint density at radius 2 is 0.609 bits per heavy atom. The summed E-state index contributed by atoms with van der Waals surface area (Å²) in [4.78, 5) is 0. The van der Waals surface area contributed by atoms with Crippen molar-refractivity contribution in [2.24, 2.45) is 0 Å². The average Bonchev–Trinajstić information content (AvgIpc) is 3.47. The smallest absolute Gasteiger partial charge is 0.000785 e.